The lowest BCUT2D eigenvalue weighted by atomic mass is 10.0. The average Bonchev–Trinajstić information content (AvgIpc) is 3.27. The third-order valence-corrected chi connectivity index (χ3v) is 5.53. The maximum atomic E-state index is 9.38. The van der Waals surface area contributed by atoms with Gasteiger partial charge in [-0.25, -0.2) is 0 Å². The number of aryl methyl sites for hydroxylation is 1. The predicted octanol–water partition coefficient (Wildman–Crippen LogP) is 3.54. The molecule has 3 aromatic rings. The number of benzene rings is 1. The van der Waals surface area contributed by atoms with Crippen LogP contribution in [-0.4, -0.2) is 37.8 Å². The summed E-state index contributed by atoms with van der Waals surface area (Å²) in [5.74, 6) is 0. The van der Waals surface area contributed by atoms with Crippen molar-refractivity contribution in [3.05, 3.63) is 83.9 Å². The third kappa shape index (κ3) is 3.41. The molecule has 144 valence electrons. The van der Waals surface area contributed by atoms with E-state index >= 15 is 0 Å². The molecule has 0 amide bonds. The summed E-state index contributed by atoms with van der Waals surface area (Å²) in [6, 6.07) is 20.6. The molecule has 1 fully saturated rings. The number of aromatic nitrogens is 2. The van der Waals surface area contributed by atoms with Gasteiger partial charge in [-0.3, -0.25) is 4.98 Å². The number of pyridine rings is 1. The Hall–Kier alpha value is -2.70. The summed E-state index contributed by atoms with van der Waals surface area (Å²) in [5, 5.41) is 13.5. The smallest absolute Gasteiger partial charge is 0.170 e. The van der Waals surface area contributed by atoms with Gasteiger partial charge in [-0.15, -0.1) is 0 Å². The average molecular weight is 393 g/mol. The van der Waals surface area contributed by atoms with Gasteiger partial charge in [0.2, 0.25) is 0 Å². The zero-order valence-electron chi connectivity index (χ0n) is 15.8. The van der Waals surface area contributed by atoms with Crippen LogP contribution in [0.15, 0.2) is 66.9 Å². The van der Waals surface area contributed by atoms with Crippen LogP contribution in [0.1, 0.15) is 35.6 Å². The van der Waals surface area contributed by atoms with E-state index in [0.29, 0.717) is 18.1 Å². The number of hydrogen-bond donors (Lipinski definition) is 2. The molecule has 1 aliphatic rings. The van der Waals surface area contributed by atoms with Gasteiger partial charge in [-0.05, 0) is 62.0 Å². The van der Waals surface area contributed by atoms with Crippen molar-refractivity contribution in [1.82, 2.24) is 19.8 Å². The van der Waals surface area contributed by atoms with Crippen LogP contribution >= 0.6 is 12.2 Å². The molecule has 0 radical (unpaired) electrons. The van der Waals surface area contributed by atoms with Gasteiger partial charge in [0.25, 0.3) is 0 Å². The van der Waals surface area contributed by atoms with Crippen LogP contribution in [0, 0.1) is 6.92 Å². The van der Waals surface area contributed by atoms with Crippen LogP contribution < -0.4 is 5.32 Å². The quantitative estimate of drug-likeness (QED) is 0.629. The molecule has 1 saturated heterocycles. The molecule has 1 aromatic carbocycles. The molecular formula is C22H24N4OS. The summed E-state index contributed by atoms with van der Waals surface area (Å²) in [7, 11) is 0. The highest BCUT2D eigenvalue weighted by Gasteiger charge is 2.41. The molecule has 4 rings (SSSR count). The molecule has 3 heterocycles. The van der Waals surface area contributed by atoms with E-state index in [4.69, 9.17) is 12.2 Å². The molecule has 28 heavy (non-hydrogen) atoms. The first-order valence-electron chi connectivity index (χ1n) is 9.53. The molecule has 2 N–H and O–H groups in total. The van der Waals surface area contributed by atoms with Crippen molar-refractivity contribution in [3.8, 4) is 5.69 Å². The lowest BCUT2D eigenvalue weighted by Gasteiger charge is -2.29. The summed E-state index contributed by atoms with van der Waals surface area (Å²) in [6.45, 7) is 2.94. The molecule has 2 atom stereocenters. The maximum Gasteiger partial charge on any atom is 0.170 e. The van der Waals surface area contributed by atoms with Gasteiger partial charge < -0.3 is 19.9 Å². The van der Waals surface area contributed by atoms with Crippen molar-refractivity contribution in [2.45, 2.75) is 25.4 Å². The summed E-state index contributed by atoms with van der Waals surface area (Å²) >= 11 is 5.67. The fourth-order valence-electron chi connectivity index (χ4n) is 3.93. The Morgan fingerprint density at radius 1 is 1.07 bits per heavy atom. The largest absolute Gasteiger partial charge is 0.396 e. The van der Waals surface area contributed by atoms with E-state index < -0.39 is 0 Å². The second-order valence-electron chi connectivity index (χ2n) is 6.97. The molecule has 6 heteroatoms. The van der Waals surface area contributed by atoms with Crippen molar-refractivity contribution >= 4 is 17.3 Å². The summed E-state index contributed by atoms with van der Waals surface area (Å²) in [4.78, 5) is 6.77. The predicted molar refractivity (Wildman–Crippen MR) is 114 cm³/mol. The van der Waals surface area contributed by atoms with Crippen molar-refractivity contribution in [2.24, 2.45) is 0 Å². The van der Waals surface area contributed by atoms with Gasteiger partial charge in [0.1, 0.15) is 0 Å². The van der Waals surface area contributed by atoms with E-state index in [1.165, 1.54) is 5.69 Å². The number of nitrogens with zero attached hydrogens (tertiary/aromatic N) is 3. The topological polar surface area (TPSA) is 53.3 Å². The Labute approximate surface area is 170 Å². The SMILES string of the molecule is Cc1ccc(C2C(c3ccccn3)NC(=S)N2CCCO)n1-c1ccccc1. The molecule has 1 aliphatic heterocycles. The van der Waals surface area contributed by atoms with Crippen LogP contribution in [0.5, 0.6) is 0 Å². The van der Waals surface area contributed by atoms with Gasteiger partial charge in [0.15, 0.2) is 5.11 Å². The normalized spacial score (nSPS) is 19.1. The van der Waals surface area contributed by atoms with E-state index in [9.17, 15) is 5.11 Å². The molecule has 0 saturated carbocycles. The summed E-state index contributed by atoms with van der Waals surface area (Å²) < 4.78 is 2.28. The zero-order chi connectivity index (χ0) is 19.5. The molecule has 0 aliphatic carbocycles. The van der Waals surface area contributed by atoms with Gasteiger partial charge in [-0.1, -0.05) is 24.3 Å². The number of nitrogens with one attached hydrogen (secondary N) is 1. The zero-order valence-corrected chi connectivity index (χ0v) is 16.6. The van der Waals surface area contributed by atoms with Crippen molar-refractivity contribution < 1.29 is 5.11 Å². The first-order chi connectivity index (χ1) is 13.7. The summed E-state index contributed by atoms with van der Waals surface area (Å²) in [6.07, 6.45) is 2.48. The van der Waals surface area contributed by atoms with E-state index in [2.05, 4.69) is 63.1 Å². The van der Waals surface area contributed by atoms with Crippen LogP contribution in [0.25, 0.3) is 5.69 Å². The Morgan fingerprint density at radius 3 is 2.57 bits per heavy atom. The number of hydrogen-bond acceptors (Lipinski definition) is 3. The monoisotopic (exact) mass is 392 g/mol. The Bertz CT molecular complexity index is 942. The highest BCUT2D eigenvalue weighted by atomic mass is 32.1. The fraction of sp³-hybridized carbons (Fsp3) is 0.273. The highest BCUT2D eigenvalue weighted by Crippen LogP contribution is 2.40. The minimum Gasteiger partial charge on any atom is -0.396 e. The molecule has 2 aromatic heterocycles. The molecule has 0 spiro atoms. The Balaban J connectivity index is 1.82. The standard InChI is InChI=1S/C22H24N4OS/c1-16-11-12-19(26(16)17-8-3-2-4-9-17)21-20(18-10-5-6-13-23-18)24-22(28)25(21)14-7-15-27/h2-6,8-13,20-21,27H,7,14-15H2,1H3,(H,24,28). The highest BCUT2D eigenvalue weighted by molar-refractivity contribution is 7.80. The van der Waals surface area contributed by atoms with E-state index in [1.807, 2.05) is 30.5 Å². The minimum absolute atomic E-state index is 0.0112. The molecular weight excluding hydrogens is 368 g/mol. The lowest BCUT2D eigenvalue weighted by Crippen LogP contribution is -2.32. The van der Waals surface area contributed by atoms with Crippen LogP contribution in [0.3, 0.4) is 0 Å². The number of thiocarbonyl (C=S) groups is 1. The first-order valence-corrected chi connectivity index (χ1v) is 9.94. The molecule has 2 unspecified atom stereocenters. The number of rotatable bonds is 6. The van der Waals surface area contributed by atoms with E-state index in [-0.39, 0.29) is 18.7 Å². The Kier molecular flexibility index (Phi) is 5.41. The summed E-state index contributed by atoms with van der Waals surface area (Å²) in [5.41, 5.74) is 4.41. The number of aliphatic hydroxyl groups is 1. The number of aliphatic hydroxyl groups excluding tert-OH is 1. The van der Waals surface area contributed by atoms with Gasteiger partial charge >= 0.3 is 0 Å². The lowest BCUT2D eigenvalue weighted by molar-refractivity contribution is 0.244. The van der Waals surface area contributed by atoms with Gasteiger partial charge in [0.05, 0.1) is 17.8 Å². The Morgan fingerprint density at radius 2 is 1.86 bits per heavy atom. The van der Waals surface area contributed by atoms with Crippen molar-refractivity contribution in [3.63, 3.8) is 0 Å². The van der Waals surface area contributed by atoms with Crippen LogP contribution in [-0.2, 0) is 0 Å². The van der Waals surface area contributed by atoms with Crippen molar-refractivity contribution in [1.29, 1.82) is 0 Å². The van der Waals surface area contributed by atoms with Crippen molar-refractivity contribution in [2.75, 3.05) is 13.2 Å². The second kappa shape index (κ2) is 8.12. The van der Waals surface area contributed by atoms with Crippen LogP contribution in [0.2, 0.25) is 0 Å². The molecule has 0 bridgehead atoms. The third-order valence-electron chi connectivity index (χ3n) is 5.18. The minimum atomic E-state index is -0.0517. The van der Waals surface area contributed by atoms with E-state index in [1.54, 1.807) is 0 Å². The van der Waals surface area contributed by atoms with E-state index in [0.717, 1.165) is 17.1 Å². The second-order valence-corrected chi connectivity index (χ2v) is 7.35. The number of para-hydroxylation sites is 1. The van der Waals surface area contributed by atoms with Gasteiger partial charge in [0, 0.05) is 36.4 Å². The van der Waals surface area contributed by atoms with Crippen LogP contribution in [0.4, 0.5) is 0 Å². The van der Waals surface area contributed by atoms with Gasteiger partial charge in [-0.2, -0.15) is 0 Å². The fourth-order valence-corrected chi connectivity index (χ4v) is 4.26. The molecule has 5 nitrogen and oxygen atoms in total. The first kappa shape index (κ1) is 18.7. The maximum absolute atomic E-state index is 9.38.